The highest BCUT2D eigenvalue weighted by molar-refractivity contribution is 5.78. The van der Waals surface area contributed by atoms with E-state index in [4.69, 9.17) is 5.11 Å². The predicted octanol–water partition coefficient (Wildman–Crippen LogP) is 2.34. The molecule has 3 nitrogen and oxygen atoms in total. The van der Waals surface area contributed by atoms with Crippen molar-refractivity contribution in [2.24, 2.45) is 11.8 Å². The van der Waals surface area contributed by atoms with Crippen LogP contribution in [0.1, 0.15) is 52.9 Å². The maximum atomic E-state index is 11.7. The molecule has 0 aromatic carbocycles. The summed E-state index contributed by atoms with van der Waals surface area (Å²) in [6, 6.07) is 0. The first-order chi connectivity index (χ1) is 7.65. The summed E-state index contributed by atoms with van der Waals surface area (Å²) in [5, 5.41) is 11.9. The smallest absolute Gasteiger partial charge is 0.222 e. The molecule has 16 heavy (non-hydrogen) atoms. The summed E-state index contributed by atoms with van der Waals surface area (Å²) < 4.78 is 0. The second kappa shape index (κ2) is 9.64. The molecule has 1 amide bonds. The number of aliphatic hydroxyl groups excluding tert-OH is 1. The van der Waals surface area contributed by atoms with Crippen molar-refractivity contribution < 1.29 is 9.90 Å². The van der Waals surface area contributed by atoms with E-state index in [1.54, 1.807) is 0 Å². The van der Waals surface area contributed by atoms with Gasteiger partial charge < -0.3 is 10.4 Å². The molecule has 0 saturated carbocycles. The van der Waals surface area contributed by atoms with Gasteiger partial charge in [0, 0.05) is 19.1 Å². The summed E-state index contributed by atoms with van der Waals surface area (Å²) in [5.41, 5.74) is 0. The number of carbonyl (C=O) groups is 1. The van der Waals surface area contributed by atoms with E-state index in [1.165, 1.54) is 0 Å². The first kappa shape index (κ1) is 15.4. The molecule has 0 aliphatic carbocycles. The number of nitrogens with one attached hydrogen (secondary N) is 1. The zero-order chi connectivity index (χ0) is 12.4. The molecule has 0 spiro atoms. The Balaban J connectivity index is 3.85. The molecule has 0 aliphatic rings. The summed E-state index contributed by atoms with van der Waals surface area (Å²) in [7, 11) is 0. The SMILES string of the molecule is CCCC(CCO)CNC(=O)C(C)CCC. The average molecular weight is 229 g/mol. The molecule has 0 saturated heterocycles. The average Bonchev–Trinajstić information content (AvgIpc) is 2.26. The molecule has 0 bridgehead atoms. The summed E-state index contributed by atoms with van der Waals surface area (Å²) >= 11 is 0. The van der Waals surface area contributed by atoms with Crippen molar-refractivity contribution in [2.75, 3.05) is 13.2 Å². The lowest BCUT2D eigenvalue weighted by atomic mass is 9.99. The van der Waals surface area contributed by atoms with Gasteiger partial charge >= 0.3 is 0 Å². The van der Waals surface area contributed by atoms with Crippen LogP contribution in [0.4, 0.5) is 0 Å². The number of hydrogen-bond acceptors (Lipinski definition) is 2. The van der Waals surface area contributed by atoms with Crippen molar-refractivity contribution in [1.29, 1.82) is 0 Å². The zero-order valence-corrected chi connectivity index (χ0v) is 11.0. The second-order valence-electron chi connectivity index (χ2n) is 4.60. The van der Waals surface area contributed by atoms with E-state index in [2.05, 4.69) is 19.2 Å². The topological polar surface area (TPSA) is 49.3 Å². The van der Waals surface area contributed by atoms with E-state index < -0.39 is 0 Å². The van der Waals surface area contributed by atoms with Crippen LogP contribution in [-0.2, 0) is 4.79 Å². The Bertz CT molecular complexity index is 177. The van der Waals surface area contributed by atoms with Crippen molar-refractivity contribution >= 4 is 5.91 Å². The maximum absolute atomic E-state index is 11.7. The third-order valence-electron chi connectivity index (χ3n) is 2.97. The fraction of sp³-hybridized carbons (Fsp3) is 0.923. The summed E-state index contributed by atoms with van der Waals surface area (Å²) in [6.45, 7) is 7.12. The van der Waals surface area contributed by atoms with Crippen LogP contribution in [0.3, 0.4) is 0 Å². The fourth-order valence-electron chi connectivity index (χ4n) is 1.92. The molecule has 0 rings (SSSR count). The molecule has 96 valence electrons. The Morgan fingerprint density at radius 1 is 1.19 bits per heavy atom. The Morgan fingerprint density at radius 3 is 2.31 bits per heavy atom. The summed E-state index contributed by atoms with van der Waals surface area (Å²) in [5.74, 6) is 0.690. The Labute approximate surface area is 99.6 Å². The van der Waals surface area contributed by atoms with E-state index in [9.17, 15) is 4.79 Å². The third kappa shape index (κ3) is 6.83. The lowest BCUT2D eigenvalue weighted by molar-refractivity contribution is -0.124. The van der Waals surface area contributed by atoms with E-state index in [-0.39, 0.29) is 18.4 Å². The molecule has 0 aromatic rings. The lowest BCUT2D eigenvalue weighted by Gasteiger charge is -2.17. The van der Waals surface area contributed by atoms with Crippen LogP contribution >= 0.6 is 0 Å². The quantitative estimate of drug-likeness (QED) is 0.637. The number of carbonyl (C=O) groups excluding carboxylic acids is 1. The highest BCUT2D eigenvalue weighted by Gasteiger charge is 2.13. The van der Waals surface area contributed by atoms with Crippen LogP contribution in [0.2, 0.25) is 0 Å². The molecule has 0 aliphatic heterocycles. The summed E-state index contributed by atoms with van der Waals surface area (Å²) in [6.07, 6.45) is 4.96. The van der Waals surface area contributed by atoms with E-state index in [0.717, 1.165) is 32.1 Å². The van der Waals surface area contributed by atoms with E-state index in [1.807, 2.05) is 6.92 Å². The summed E-state index contributed by atoms with van der Waals surface area (Å²) in [4.78, 5) is 11.7. The largest absolute Gasteiger partial charge is 0.396 e. The minimum Gasteiger partial charge on any atom is -0.396 e. The van der Waals surface area contributed by atoms with Gasteiger partial charge in [0.05, 0.1) is 0 Å². The van der Waals surface area contributed by atoms with Crippen LogP contribution in [0.15, 0.2) is 0 Å². The van der Waals surface area contributed by atoms with E-state index in [0.29, 0.717) is 12.5 Å². The maximum Gasteiger partial charge on any atom is 0.222 e. The highest BCUT2D eigenvalue weighted by Crippen LogP contribution is 2.10. The first-order valence-electron chi connectivity index (χ1n) is 6.54. The molecule has 2 unspecified atom stereocenters. The van der Waals surface area contributed by atoms with Gasteiger partial charge in [-0.1, -0.05) is 33.6 Å². The van der Waals surface area contributed by atoms with E-state index >= 15 is 0 Å². The standard InChI is InChI=1S/C13H27NO2/c1-4-6-11(3)13(16)14-10-12(7-5-2)8-9-15/h11-12,15H,4-10H2,1-3H3,(H,14,16). The third-order valence-corrected chi connectivity index (χ3v) is 2.97. The number of amides is 1. The fourth-order valence-corrected chi connectivity index (χ4v) is 1.92. The minimum atomic E-state index is 0.112. The number of aliphatic hydroxyl groups is 1. The Morgan fingerprint density at radius 2 is 1.81 bits per heavy atom. The van der Waals surface area contributed by atoms with Crippen molar-refractivity contribution in [3.8, 4) is 0 Å². The van der Waals surface area contributed by atoms with Crippen molar-refractivity contribution in [3.05, 3.63) is 0 Å². The minimum absolute atomic E-state index is 0.112. The number of rotatable bonds is 9. The molecule has 0 fully saturated rings. The van der Waals surface area contributed by atoms with Crippen LogP contribution in [0, 0.1) is 11.8 Å². The Hall–Kier alpha value is -0.570. The zero-order valence-electron chi connectivity index (χ0n) is 11.0. The second-order valence-corrected chi connectivity index (χ2v) is 4.60. The molecule has 0 aromatic heterocycles. The normalized spacial score (nSPS) is 14.5. The van der Waals surface area contributed by atoms with Crippen LogP contribution in [-0.4, -0.2) is 24.2 Å². The molecule has 3 heteroatoms. The van der Waals surface area contributed by atoms with Crippen LogP contribution < -0.4 is 5.32 Å². The van der Waals surface area contributed by atoms with Gasteiger partial charge in [-0.25, -0.2) is 0 Å². The first-order valence-corrected chi connectivity index (χ1v) is 6.54. The van der Waals surface area contributed by atoms with Gasteiger partial charge in [-0.3, -0.25) is 4.79 Å². The van der Waals surface area contributed by atoms with Gasteiger partial charge in [0.25, 0.3) is 0 Å². The van der Waals surface area contributed by atoms with Crippen molar-refractivity contribution in [1.82, 2.24) is 5.32 Å². The van der Waals surface area contributed by atoms with Crippen molar-refractivity contribution in [2.45, 2.75) is 52.9 Å². The highest BCUT2D eigenvalue weighted by atomic mass is 16.3. The van der Waals surface area contributed by atoms with Gasteiger partial charge in [-0.05, 0) is 25.2 Å². The Kier molecular flexibility index (Phi) is 9.30. The van der Waals surface area contributed by atoms with Gasteiger partial charge in [-0.2, -0.15) is 0 Å². The van der Waals surface area contributed by atoms with Gasteiger partial charge in [0.15, 0.2) is 0 Å². The molecule has 0 heterocycles. The molecule has 2 N–H and O–H groups in total. The molecular weight excluding hydrogens is 202 g/mol. The predicted molar refractivity (Wildman–Crippen MR) is 67.2 cm³/mol. The molecule has 2 atom stereocenters. The molecule has 0 radical (unpaired) electrons. The van der Waals surface area contributed by atoms with Gasteiger partial charge in [0.2, 0.25) is 5.91 Å². The van der Waals surface area contributed by atoms with Gasteiger partial charge in [0.1, 0.15) is 0 Å². The monoisotopic (exact) mass is 229 g/mol. The van der Waals surface area contributed by atoms with Crippen LogP contribution in [0.5, 0.6) is 0 Å². The number of hydrogen-bond donors (Lipinski definition) is 2. The lowest BCUT2D eigenvalue weighted by Crippen LogP contribution is -2.33. The van der Waals surface area contributed by atoms with Gasteiger partial charge in [-0.15, -0.1) is 0 Å². The van der Waals surface area contributed by atoms with Crippen LogP contribution in [0.25, 0.3) is 0 Å². The molecular formula is C13H27NO2. The van der Waals surface area contributed by atoms with Crippen molar-refractivity contribution in [3.63, 3.8) is 0 Å².